The second kappa shape index (κ2) is 7.46. The van der Waals surface area contributed by atoms with Crippen molar-refractivity contribution >= 4 is 39.9 Å². The molecule has 0 spiro atoms. The first-order valence-electron chi connectivity index (χ1n) is 9.79. The summed E-state index contributed by atoms with van der Waals surface area (Å²) in [7, 11) is 2.02. The maximum atomic E-state index is 4.95. The van der Waals surface area contributed by atoms with Crippen LogP contribution in [0.3, 0.4) is 0 Å². The van der Waals surface area contributed by atoms with E-state index in [0.717, 1.165) is 59.3 Å². The monoisotopic (exact) mass is 425 g/mol. The number of thiophene rings is 1. The molecule has 1 unspecified atom stereocenters. The first kappa shape index (κ1) is 18.6. The van der Waals surface area contributed by atoms with Gasteiger partial charge in [-0.2, -0.15) is 16.4 Å². The number of hydrogen-bond acceptors (Lipinski definition) is 7. The van der Waals surface area contributed by atoms with Crippen molar-refractivity contribution in [2.75, 3.05) is 18.0 Å². The number of anilines is 1. The summed E-state index contributed by atoms with van der Waals surface area (Å²) in [5.41, 5.74) is 5.25. The van der Waals surface area contributed by atoms with Crippen LogP contribution in [0.25, 0.3) is 22.6 Å². The quantitative estimate of drug-likeness (QED) is 0.451. The molecular formula is C20H23N7S2. The zero-order chi connectivity index (χ0) is 20.0. The predicted molar refractivity (Wildman–Crippen MR) is 119 cm³/mol. The zero-order valence-electron chi connectivity index (χ0n) is 16.7. The number of aryl methyl sites for hydroxylation is 2. The summed E-state index contributed by atoms with van der Waals surface area (Å²) in [6, 6.07) is 2.20. The molecule has 1 fully saturated rings. The van der Waals surface area contributed by atoms with Crippen molar-refractivity contribution in [3.8, 4) is 11.4 Å². The Morgan fingerprint density at radius 2 is 2.21 bits per heavy atom. The highest BCUT2D eigenvalue weighted by atomic mass is 32.2. The molecule has 5 heterocycles. The molecule has 9 heteroatoms. The van der Waals surface area contributed by atoms with E-state index in [4.69, 9.17) is 4.98 Å². The minimum Gasteiger partial charge on any atom is -0.370 e. The van der Waals surface area contributed by atoms with E-state index in [1.54, 1.807) is 17.7 Å². The number of hydrogen-bond donors (Lipinski definition) is 0. The van der Waals surface area contributed by atoms with E-state index < -0.39 is 0 Å². The Hall–Kier alpha value is -2.39. The third kappa shape index (κ3) is 3.22. The van der Waals surface area contributed by atoms with Crippen molar-refractivity contribution in [3.63, 3.8) is 0 Å². The van der Waals surface area contributed by atoms with E-state index >= 15 is 0 Å². The van der Waals surface area contributed by atoms with E-state index in [1.807, 2.05) is 29.7 Å². The van der Waals surface area contributed by atoms with E-state index in [9.17, 15) is 0 Å². The minimum atomic E-state index is 0.503. The van der Waals surface area contributed by atoms with Crippen LogP contribution in [0.5, 0.6) is 0 Å². The Bertz CT molecular complexity index is 1150. The van der Waals surface area contributed by atoms with Crippen molar-refractivity contribution in [3.05, 3.63) is 35.0 Å². The summed E-state index contributed by atoms with van der Waals surface area (Å²) in [6.45, 7) is 7.16. The summed E-state index contributed by atoms with van der Waals surface area (Å²) in [5.74, 6) is 0.894. The van der Waals surface area contributed by atoms with Gasteiger partial charge in [-0.3, -0.25) is 4.68 Å². The highest BCUT2D eigenvalue weighted by Gasteiger charge is 2.26. The Morgan fingerprint density at radius 3 is 2.97 bits per heavy atom. The Labute approximate surface area is 177 Å². The lowest BCUT2D eigenvalue weighted by Gasteiger charge is -2.16. The molecule has 0 saturated carbocycles. The third-order valence-corrected chi connectivity index (χ3v) is 7.47. The van der Waals surface area contributed by atoms with Gasteiger partial charge in [-0.15, -0.1) is 0 Å². The maximum Gasteiger partial charge on any atom is 0.164 e. The number of nitrogens with zero attached hydrogens (tertiary/aromatic N) is 7. The fourth-order valence-electron chi connectivity index (χ4n) is 3.94. The average molecular weight is 426 g/mol. The van der Waals surface area contributed by atoms with Crippen LogP contribution in [0.2, 0.25) is 0 Å². The van der Waals surface area contributed by atoms with Gasteiger partial charge in [0.15, 0.2) is 5.65 Å². The number of fused-ring (bicyclic) bond motifs is 1. The molecule has 150 valence electrons. The van der Waals surface area contributed by atoms with Crippen LogP contribution >= 0.6 is 23.1 Å². The van der Waals surface area contributed by atoms with Crippen molar-refractivity contribution < 1.29 is 0 Å². The molecule has 1 aliphatic rings. The van der Waals surface area contributed by atoms with Crippen molar-refractivity contribution in [2.24, 2.45) is 7.05 Å². The van der Waals surface area contributed by atoms with Crippen molar-refractivity contribution in [1.82, 2.24) is 29.3 Å². The molecule has 0 radical (unpaired) electrons. The Kier molecular flexibility index (Phi) is 4.79. The maximum absolute atomic E-state index is 4.95. The zero-order valence-corrected chi connectivity index (χ0v) is 18.4. The smallest absolute Gasteiger partial charge is 0.164 e. The van der Waals surface area contributed by atoms with Gasteiger partial charge in [0.1, 0.15) is 22.7 Å². The number of thioether (sulfide) groups is 1. The van der Waals surface area contributed by atoms with Crippen LogP contribution in [0.15, 0.2) is 34.4 Å². The van der Waals surface area contributed by atoms with E-state index in [-0.39, 0.29) is 0 Å². The van der Waals surface area contributed by atoms with Crippen LogP contribution in [-0.2, 0) is 13.6 Å². The van der Waals surface area contributed by atoms with Crippen molar-refractivity contribution in [1.29, 1.82) is 0 Å². The van der Waals surface area contributed by atoms with Gasteiger partial charge in [-0.25, -0.2) is 15.0 Å². The lowest BCUT2D eigenvalue weighted by molar-refractivity contribution is 0.640. The molecule has 4 aromatic rings. The Morgan fingerprint density at radius 1 is 1.31 bits per heavy atom. The summed E-state index contributed by atoms with van der Waals surface area (Å²) in [4.78, 5) is 16.5. The summed E-state index contributed by atoms with van der Waals surface area (Å²) < 4.78 is 4.05. The SMILES string of the molecule is CCn1ncc(-c2nc3c(SC4CCN(c5ccsc5)C4)ncnc3n2C)c1C. The van der Waals surface area contributed by atoms with Crippen LogP contribution in [0, 0.1) is 6.92 Å². The van der Waals surface area contributed by atoms with E-state index in [0.29, 0.717) is 5.25 Å². The van der Waals surface area contributed by atoms with Gasteiger partial charge in [0.05, 0.1) is 11.8 Å². The van der Waals surface area contributed by atoms with E-state index in [1.165, 1.54) is 5.69 Å². The molecular weight excluding hydrogens is 402 g/mol. The van der Waals surface area contributed by atoms with E-state index in [2.05, 4.69) is 55.2 Å². The molecule has 1 atom stereocenters. The van der Waals surface area contributed by atoms with Gasteiger partial charge in [-0.1, -0.05) is 11.8 Å². The fraction of sp³-hybridized carbons (Fsp3) is 0.400. The second-order valence-corrected chi connectivity index (χ2v) is 9.33. The predicted octanol–water partition coefficient (Wildman–Crippen LogP) is 3.99. The normalized spacial score (nSPS) is 16.9. The van der Waals surface area contributed by atoms with Gasteiger partial charge in [-0.05, 0) is 31.7 Å². The summed E-state index contributed by atoms with van der Waals surface area (Å²) in [5, 5.41) is 10.3. The van der Waals surface area contributed by atoms with Crippen LogP contribution in [0.4, 0.5) is 5.69 Å². The molecule has 0 aliphatic carbocycles. The number of aromatic nitrogens is 6. The molecule has 0 N–H and O–H groups in total. The lowest BCUT2D eigenvalue weighted by atomic mass is 10.2. The molecule has 0 amide bonds. The third-order valence-electron chi connectivity index (χ3n) is 5.56. The first-order chi connectivity index (χ1) is 14.2. The van der Waals surface area contributed by atoms with Gasteiger partial charge in [0, 0.05) is 48.7 Å². The van der Waals surface area contributed by atoms with Gasteiger partial charge < -0.3 is 9.47 Å². The molecule has 7 nitrogen and oxygen atoms in total. The molecule has 29 heavy (non-hydrogen) atoms. The van der Waals surface area contributed by atoms with Crippen LogP contribution in [-0.4, -0.2) is 47.6 Å². The molecule has 5 rings (SSSR count). The summed E-state index contributed by atoms with van der Waals surface area (Å²) >= 11 is 3.58. The second-order valence-electron chi connectivity index (χ2n) is 7.26. The number of imidazole rings is 1. The molecule has 1 aliphatic heterocycles. The molecule has 0 bridgehead atoms. The Balaban J connectivity index is 1.45. The largest absolute Gasteiger partial charge is 0.370 e. The molecule has 0 aromatic carbocycles. The number of rotatable bonds is 5. The minimum absolute atomic E-state index is 0.503. The first-order valence-corrected chi connectivity index (χ1v) is 11.6. The highest BCUT2D eigenvalue weighted by molar-refractivity contribution is 8.00. The molecule has 1 saturated heterocycles. The summed E-state index contributed by atoms with van der Waals surface area (Å²) in [6.07, 6.45) is 4.70. The van der Waals surface area contributed by atoms with Crippen molar-refractivity contribution in [2.45, 2.75) is 37.1 Å². The lowest BCUT2D eigenvalue weighted by Crippen LogP contribution is -2.19. The van der Waals surface area contributed by atoms with Gasteiger partial charge >= 0.3 is 0 Å². The van der Waals surface area contributed by atoms with Crippen LogP contribution < -0.4 is 4.90 Å². The highest BCUT2D eigenvalue weighted by Crippen LogP contribution is 2.35. The van der Waals surface area contributed by atoms with Crippen LogP contribution in [0.1, 0.15) is 19.0 Å². The standard InChI is InChI=1S/C20H23N7S2/c1-4-27-13(2)16(9-23-27)18-24-17-19(25(18)3)21-12-22-20(17)29-15-5-7-26(10-15)14-6-8-28-11-14/h6,8-9,11-12,15H,4-5,7,10H2,1-3H3. The molecule has 4 aromatic heterocycles. The fourth-order valence-corrected chi connectivity index (χ4v) is 5.76. The van der Waals surface area contributed by atoms with Gasteiger partial charge in [0.2, 0.25) is 0 Å². The van der Waals surface area contributed by atoms with Gasteiger partial charge in [0.25, 0.3) is 0 Å². The topological polar surface area (TPSA) is 64.7 Å². The average Bonchev–Trinajstić information content (AvgIpc) is 3.50.